The molecule has 0 saturated heterocycles. The van der Waals surface area contributed by atoms with Crippen molar-refractivity contribution in [2.24, 2.45) is 0 Å². The Balaban J connectivity index is 0.987. The molecule has 0 atom stereocenters. The summed E-state index contributed by atoms with van der Waals surface area (Å²) in [6.45, 7) is 0.0114. The SMILES string of the molecule is c1ccc(-c2ccc3c(c2)B2c4ccc(-c5ccc6c(c5)C5(c7ccccc7-c7ccccc75)c5ccccc5-6)cc4N(c4ccccc4)c4cc(C5CCCCC5)cc(c42)N3c2ccccc2)cc1. The van der Waals surface area contributed by atoms with E-state index in [1.165, 1.54) is 155 Å². The van der Waals surface area contributed by atoms with E-state index in [1.807, 2.05) is 0 Å². The van der Waals surface area contributed by atoms with Crippen molar-refractivity contribution in [3.8, 4) is 44.5 Å². The van der Waals surface area contributed by atoms with Crippen molar-refractivity contribution in [1.29, 1.82) is 0 Å². The monoisotopic (exact) mass is 892 g/mol. The third kappa shape index (κ3) is 5.64. The first-order valence-electron chi connectivity index (χ1n) is 25.4. The van der Waals surface area contributed by atoms with Gasteiger partial charge >= 0.3 is 0 Å². The van der Waals surface area contributed by atoms with E-state index in [4.69, 9.17) is 0 Å². The molecule has 70 heavy (non-hydrogen) atoms. The van der Waals surface area contributed by atoms with Gasteiger partial charge in [0.2, 0.25) is 0 Å². The van der Waals surface area contributed by atoms with Crippen molar-refractivity contribution >= 4 is 57.2 Å². The first-order valence-corrected chi connectivity index (χ1v) is 25.4. The molecule has 10 aromatic rings. The maximum absolute atomic E-state index is 2.61. The van der Waals surface area contributed by atoms with Gasteiger partial charge < -0.3 is 9.80 Å². The molecule has 10 aromatic carbocycles. The van der Waals surface area contributed by atoms with E-state index in [9.17, 15) is 0 Å². The molecule has 330 valence electrons. The summed E-state index contributed by atoms with van der Waals surface area (Å²) in [5, 5.41) is 0. The predicted octanol–water partition coefficient (Wildman–Crippen LogP) is 15.5. The van der Waals surface area contributed by atoms with E-state index < -0.39 is 5.41 Å². The Morgan fingerprint density at radius 2 is 0.829 bits per heavy atom. The van der Waals surface area contributed by atoms with Crippen LogP contribution in [0.3, 0.4) is 0 Å². The zero-order valence-corrected chi connectivity index (χ0v) is 39.0. The fourth-order valence-corrected chi connectivity index (χ4v) is 13.7. The van der Waals surface area contributed by atoms with Crippen LogP contribution in [0.1, 0.15) is 65.8 Å². The van der Waals surface area contributed by atoms with E-state index >= 15 is 0 Å². The molecule has 5 aliphatic rings. The minimum Gasteiger partial charge on any atom is -0.311 e. The topological polar surface area (TPSA) is 6.48 Å². The highest BCUT2D eigenvalue weighted by Crippen LogP contribution is 2.63. The van der Waals surface area contributed by atoms with Crippen molar-refractivity contribution in [3.05, 3.63) is 258 Å². The lowest BCUT2D eigenvalue weighted by Crippen LogP contribution is -2.61. The Morgan fingerprint density at radius 3 is 1.44 bits per heavy atom. The fourth-order valence-electron chi connectivity index (χ4n) is 13.7. The molecule has 0 radical (unpaired) electrons. The normalized spacial score (nSPS) is 15.4. The van der Waals surface area contributed by atoms with Gasteiger partial charge in [-0.05, 0) is 162 Å². The van der Waals surface area contributed by atoms with E-state index in [0.29, 0.717) is 5.92 Å². The molecule has 0 N–H and O–H groups in total. The highest BCUT2D eigenvalue weighted by molar-refractivity contribution is 7.00. The van der Waals surface area contributed by atoms with Gasteiger partial charge in [-0.2, -0.15) is 0 Å². The van der Waals surface area contributed by atoms with E-state index in [0.717, 1.165) is 0 Å². The van der Waals surface area contributed by atoms with E-state index in [1.54, 1.807) is 0 Å². The molecule has 0 aromatic heterocycles. The molecule has 2 heterocycles. The summed E-state index contributed by atoms with van der Waals surface area (Å²) in [6.07, 6.45) is 6.35. The summed E-state index contributed by atoms with van der Waals surface area (Å²) < 4.78 is 0. The largest absolute Gasteiger partial charge is 0.311 e. The lowest BCUT2D eigenvalue weighted by molar-refractivity contribution is 0.444. The van der Waals surface area contributed by atoms with Gasteiger partial charge in [-0.15, -0.1) is 0 Å². The third-order valence-electron chi connectivity index (χ3n) is 16.6. The van der Waals surface area contributed by atoms with Gasteiger partial charge in [0.1, 0.15) is 0 Å². The predicted molar refractivity (Wildman–Crippen MR) is 293 cm³/mol. The Kier molecular flexibility index (Phi) is 8.78. The standard InChI is InChI=1S/C67H49BN2/c1-5-19-44(20-6-1)47-35-38-62-61(40-47)68-60-37-34-48(46-33-36-55-54-29-15-18-32-58(54)67(59(55)39-46)56-30-16-13-27-52(56)53-28-14-17-31-57(53)67)41-63(60)70(51-25-11-4-12-26-51)65-43-49(45-21-7-2-8-22-45)42-64(66(65)68)69(62)50-23-9-3-10-24-50/h1,3-6,9-20,23-43,45H,2,7-8,21-22H2. The van der Waals surface area contributed by atoms with Crippen LogP contribution in [-0.2, 0) is 5.41 Å². The fraction of sp³-hybridized carbons (Fsp3) is 0.104. The Hall–Kier alpha value is -8.14. The molecule has 15 rings (SSSR count). The van der Waals surface area contributed by atoms with Gasteiger partial charge in [0.15, 0.2) is 0 Å². The summed E-state index contributed by atoms with van der Waals surface area (Å²) in [6, 6.07) is 87.7. The molecule has 0 amide bonds. The molecule has 1 spiro atoms. The van der Waals surface area contributed by atoms with Crippen LogP contribution in [0.2, 0.25) is 0 Å². The molecule has 2 nitrogen and oxygen atoms in total. The van der Waals surface area contributed by atoms with Crippen molar-refractivity contribution < 1.29 is 0 Å². The maximum atomic E-state index is 2.61. The van der Waals surface area contributed by atoms with Gasteiger partial charge in [0.05, 0.1) is 5.41 Å². The van der Waals surface area contributed by atoms with Crippen LogP contribution in [0.4, 0.5) is 34.1 Å². The number of fused-ring (bicyclic) bond motifs is 14. The highest BCUT2D eigenvalue weighted by Gasteiger charge is 2.52. The molecular weight excluding hydrogens is 844 g/mol. The highest BCUT2D eigenvalue weighted by atomic mass is 15.2. The first kappa shape index (κ1) is 39.8. The zero-order valence-electron chi connectivity index (χ0n) is 39.0. The van der Waals surface area contributed by atoms with Gasteiger partial charge in [-0.3, -0.25) is 0 Å². The number of anilines is 6. The molecule has 0 unspecified atom stereocenters. The lowest BCUT2D eigenvalue weighted by atomic mass is 9.33. The molecular formula is C67H49BN2. The second kappa shape index (κ2) is 15.4. The van der Waals surface area contributed by atoms with Crippen LogP contribution < -0.4 is 26.2 Å². The Morgan fingerprint density at radius 1 is 0.343 bits per heavy atom. The van der Waals surface area contributed by atoms with E-state index in [-0.39, 0.29) is 6.71 Å². The molecule has 0 bridgehead atoms. The molecule has 1 saturated carbocycles. The number of hydrogen-bond acceptors (Lipinski definition) is 2. The number of rotatable bonds is 5. The Bertz CT molecular complexity index is 3660. The number of hydrogen-bond donors (Lipinski definition) is 0. The van der Waals surface area contributed by atoms with Crippen molar-refractivity contribution in [2.75, 3.05) is 9.80 Å². The smallest absolute Gasteiger partial charge is 0.252 e. The second-order valence-electron chi connectivity index (χ2n) is 20.1. The van der Waals surface area contributed by atoms with Crippen LogP contribution in [0.15, 0.2) is 231 Å². The van der Waals surface area contributed by atoms with Gasteiger partial charge in [0, 0.05) is 34.1 Å². The number of para-hydroxylation sites is 2. The van der Waals surface area contributed by atoms with Crippen LogP contribution in [0, 0.1) is 0 Å². The average molecular weight is 893 g/mol. The molecule has 1 fully saturated rings. The summed E-state index contributed by atoms with van der Waals surface area (Å²) in [4.78, 5) is 5.19. The van der Waals surface area contributed by atoms with Gasteiger partial charge in [-0.25, -0.2) is 0 Å². The summed E-state index contributed by atoms with van der Waals surface area (Å²) in [5.74, 6) is 0.521. The lowest BCUT2D eigenvalue weighted by Gasteiger charge is -2.45. The van der Waals surface area contributed by atoms with Crippen LogP contribution in [-0.4, -0.2) is 6.71 Å². The van der Waals surface area contributed by atoms with Crippen molar-refractivity contribution in [3.63, 3.8) is 0 Å². The number of benzene rings is 10. The average Bonchev–Trinajstić information content (AvgIpc) is 3.91. The Labute approximate surface area is 411 Å². The van der Waals surface area contributed by atoms with Crippen molar-refractivity contribution in [2.45, 2.75) is 43.4 Å². The summed E-state index contributed by atoms with van der Waals surface area (Å²) in [5.41, 5.74) is 28.3. The minimum absolute atomic E-state index is 0.0114. The second-order valence-corrected chi connectivity index (χ2v) is 20.1. The van der Waals surface area contributed by atoms with Gasteiger partial charge in [-0.1, -0.05) is 195 Å². The van der Waals surface area contributed by atoms with Gasteiger partial charge in [0.25, 0.3) is 6.71 Å². The third-order valence-corrected chi connectivity index (χ3v) is 16.6. The minimum atomic E-state index is -0.406. The number of nitrogens with zero attached hydrogens (tertiary/aromatic N) is 2. The first-order chi connectivity index (χ1) is 34.7. The van der Waals surface area contributed by atoms with Crippen LogP contribution >= 0.6 is 0 Å². The summed E-state index contributed by atoms with van der Waals surface area (Å²) >= 11 is 0. The van der Waals surface area contributed by atoms with Crippen molar-refractivity contribution in [1.82, 2.24) is 0 Å². The van der Waals surface area contributed by atoms with Crippen LogP contribution in [0.25, 0.3) is 44.5 Å². The van der Waals surface area contributed by atoms with E-state index in [2.05, 4.69) is 240 Å². The zero-order chi connectivity index (χ0) is 45.9. The quantitative estimate of drug-likeness (QED) is 0.159. The molecule has 3 aliphatic carbocycles. The molecule has 2 aliphatic heterocycles. The maximum Gasteiger partial charge on any atom is 0.252 e. The molecule has 3 heteroatoms. The van der Waals surface area contributed by atoms with Crippen LogP contribution in [0.5, 0.6) is 0 Å². The summed E-state index contributed by atoms with van der Waals surface area (Å²) in [7, 11) is 0.